The van der Waals surface area contributed by atoms with Crippen LogP contribution in [0.2, 0.25) is 0 Å². The maximum absolute atomic E-state index is 5.03. The lowest BCUT2D eigenvalue weighted by molar-refractivity contribution is 0.245. The molecule has 0 aromatic heterocycles. The first kappa shape index (κ1) is 17.2. The van der Waals surface area contributed by atoms with Crippen LogP contribution in [-0.2, 0) is 9.47 Å². The standard InChI is InChI=1S/C15H26N2O2/c1-5-18-11-7-9-16-14(3)13-15(4)17-10-8-12-19-6-2/h5-6,16-17H,1-4,7-13H2. The highest BCUT2D eigenvalue weighted by Gasteiger charge is 1.98. The van der Waals surface area contributed by atoms with E-state index in [1.807, 2.05) is 0 Å². The fourth-order valence-electron chi connectivity index (χ4n) is 1.39. The average molecular weight is 266 g/mol. The molecule has 4 heteroatoms. The lowest BCUT2D eigenvalue weighted by atomic mass is 10.2. The number of rotatable bonds is 14. The second-order valence-corrected chi connectivity index (χ2v) is 4.02. The fourth-order valence-corrected chi connectivity index (χ4v) is 1.39. The van der Waals surface area contributed by atoms with Crippen molar-refractivity contribution < 1.29 is 9.47 Å². The minimum atomic E-state index is 0.673. The fraction of sp³-hybridized carbons (Fsp3) is 0.467. The van der Waals surface area contributed by atoms with Crippen LogP contribution in [0, 0.1) is 0 Å². The molecule has 2 N–H and O–H groups in total. The summed E-state index contributed by atoms with van der Waals surface area (Å²) in [6.07, 6.45) is 5.48. The molecule has 108 valence electrons. The van der Waals surface area contributed by atoms with E-state index in [1.165, 1.54) is 12.5 Å². The van der Waals surface area contributed by atoms with Crippen LogP contribution >= 0.6 is 0 Å². The van der Waals surface area contributed by atoms with Crippen molar-refractivity contribution in [3.63, 3.8) is 0 Å². The zero-order chi connectivity index (χ0) is 14.3. The maximum atomic E-state index is 5.03. The Morgan fingerprint density at radius 3 is 1.63 bits per heavy atom. The van der Waals surface area contributed by atoms with Gasteiger partial charge >= 0.3 is 0 Å². The quantitative estimate of drug-likeness (QED) is 0.375. The molecule has 0 aromatic rings. The first-order valence-electron chi connectivity index (χ1n) is 6.49. The number of ether oxygens (including phenoxy) is 2. The molecular weight excluding hydrogens is 240 g/mol. The summed E-state index contributed by atoms with van der Waals surface area (Å²) < 4.78 is 10.1. The van der Waals surface area contributed by atoms with E-state index in [0.29, 0.717) is 13.2 Å². The van der Waals surface area contributed by atoms with Gasteiger partial charge in [-0.1, -0.05) is 26.3 Å². The van der Waals surface area contributed by atoms with Crippen LogP contribution in [0.15, 0.2) is 50.2 Å². The second kappa shape index (κ2) is 12.6. The van der Waals surface area contributed by atoms with E-state index in [0.717, 1.165) is 43.7 Å². The molecule has 0 fully saturated rings. The molecule has 0 unspecified atom stereocenters. The Morgan fingerprint density at radius 2 is 1.26 bits per heavy atom. The normalized spacial score (nSPS) is 9.26. The third kappa shape index (κ3) is 12.4. The van der Waals surface area contributed by atoms with Gasteiger partial charge in [0.15, 0.2) is 0 Å². The van der Waals surface area contributed by atoms with E-state index in [2.05, 4.69) is 36.9 Å². The van der Waals surface area contributed by atoms with Crippen LogP contribution in [-0.4, -0.2) is 26.3 Å². The number of hydrogen-bond donors (Lipinski definition) is 2. The van der Waals surface area contributed by atoms with Crippen LogP contribution in [0.3, 0.4) is 0 Å². The second-order valence-electron chi connectivity index (χ2n) is 4.02. The third-order valence-electron chi connectivity index (χ3n) is 2.29. The summed E-state index contributed by atoms with van der Waals surface area (Å²) >= 11 is 0. The first-order valence-corrected chi connectivity index (χ1v) is 6.49. The highest BCUT2D eigenvalue weighted by atomic mass is 16.5. The largest absolute Gasteiger partial charge is 0.502 e. The van der Waals surface area contributed by atoms with Gasteiger partial charge in [0.05, 0.1) is 25.7 Å². The molecule has 4 nitrogen and oxygen atoms in total. The van der Waals surface area contributed by atoms with E-state index in [-0.39, 0.29) is 0 Å². The molecule has 0 saturated heterocycles. The molecule has 0 atom stereocenters. The predicted molar refractivity (Wildman–Crippen MR) is 80.4 cm³/mol. The van der Waals surface area contributed by atoms with E-state index in [9.17, 15) is 0 Å². The van der Waals surface area contributed by atoms with Crippen molar-refractivity contribution in [1.29, 1.82) is 0 Å². The molecule has 0 bridgehead atoms. The predicted octanol–water partition coefficient (Wildman–Crippen LogP) is 2.68. The first-order chi connectivity index (χ1) is 9.20. The minimum Gasteiger partial charge on any atom is -0.502 e. The van der Waals surface area contributed by atoms with Crippen molar-refractivity contribution in [2.24, 2.45) is 0 Å². The molecule has 0 heterocycles. The van der Waals surface area contributed by atoms with Gasteiger partial charge in [-0.3, -0.25) is 0 Å². The van der Waals surface area contributed by atoms with Gasteiger partial charge in [0, 0.05) is 30.9 Å². The Labute approximate surface area is 116 Å². The molecule has 19 heavy (non-hydrogen) atoms. The van der Waals surface area contributed by atoms with Crippen molar-refractivity contribution in [2.75, 3.05) is 26.3 Å². The Bertz CT molecular complexity index is 260. The Hall–Kier alpha value is -1.84. The lowest BCUT2D eigenvalue weighted by Crippen LogP contribution is -2.20. The Balaban J connectivity index is 3.44. The van der Waals surface area contributed by atoms with Crippen LogP contribution < -0.4 is 10.6 Å². The van der Waals surface area contributed by atoms with Crippen LogP contribution in [0.4, 0.5) is 0 Å². The third-order valence-corrected chi connectivity index (χ3v) is 2.29. The van der Waals surface area contributed by atoms with Crippen molar-refractivity contribution in [1.82, 2.24) is 10.6 Å². The zero-order valence-corrected chi connectivity index (χ0v) is 11.7. The smallest absolute Gasteiger partial charge is 0.0889 e. The molecule has 0 rings (SSSR count). The van der Waals surface area contributed by atoms with Crippen LogP contribution in [0.25, 0.3) is 0 Å². The summed E-state index contributed by atoms with van der Waals surface area (Å²) in [6.45, 7) is 17.9. The highest BCUT2D eigenvalue weighted by Crippen LogP contribution is 2.01. The average Bonchev–Trinajstić information content (AvgIpc) is 2.38. The zero-order valence-electron chi connectivity index (χ0n) is 11.7. The molecule has 0 spiro atoms. The van der Waals surface area contributed by atoms with Gasteiger partial charge < -0.3 is 20.1 Å². The van der Waals surface area contributed by atoms with Gasteiger partial charge in [0.25, 0.3) is 0 Å². The lowest BCUT2D eigenvalue weighted by Gasteiger charge is -2.13. The van der Waals surface area contributed by atoms with Crippen molar-refractivity contribution >= 4 is 0 Å². The summed E-state index contributed by atoms with van der Waals surface area (Å²) in [5.41, 5.74) is 1.91. The minimum absolute atomic E-state index is 0.673. The molecule has 0 amide bonds. The van der Waals surface area contributed by atoms with E-state index >= 15 is 0 Å². The van der Waals surface area contributed by atoms with Crippen molar-refractivity contribution in [3.8, 4) is 0 Å². The monoisotopic (exact) mass is 266 g/mol. The van der Waals surface area contributed by atoms with Crippen LogP contribution in [0.1, 0.15) is 19.3 Å². The van der Waals surface area contributed by atoms with E-state index in [4.69, 9.17) is 9.47 Å². The van der Waals surface area contributed by atoms with Crippen LogP contribution in [0.5, 0.6) is 0 Å². The molecule has 0 radical (unpaired) electrons. The molecule has 0 aliphatic heterocycles. The summed E-state index contributed by atoms with van der Waals surface area (Å²) in [5, 5.41) is 6.47. The number of hydrogen-bond acceptors (Lipinski definition) is 4. The van der Waals surface area contributed by atoms with Gasteiger partial charge in [-0.05, 0) is 12.8 Å². The molecule has 0 aliphatic carbocycles. The van der Waals surface area contributed by atoms with Gasteiger partial charge in [-0.2, -0.15) is 0 Å². The highest BCUT2D eigenvalue weighted by molar-refractivity contribution is 5.06. The number of nitrogens with one attached hydrogen (secondary N) is 2. The van der Waals surface area contributed by atoms with Gasteiger partial charge in [-0.15, -0.1) is 0 Å². The van der Waals surface area contributed by atoms with Gasteiger partial charge in [0.1, 0.15) is 0 Å². The summed E-state index contributed by atoms with van der Waals surface area (Å²) in [4.78, 5) is 0. The molecule has 0 aliphatic rings. The topological polar surface area (TPSA) is 42.5 Å². The van der Waals surface area contributed by atoms with E-state index in [1.54, 1.807) is 0 Å². The Kier molecular flexibility index (Phi) is 11.4. The van der Waals surface area contributed by atoms with Gasteiger partial charge in [-0.25, -0.2) is 0 Å². The Morgan fingerprint density at radius 1 is 0.842 bits per heavy atom. The van der Waals surface area contributed by atoms with Crippen molar-refractivity contribution in [3.05, 3.63) is 50.2 Å². The molecule has 0 aromatic carbocycles. The van der Waals surface area contributed by atoms with Gasteiger partial charge in [0.2, 0.25) is 0 Å². The van der Waals surface area contributed by atoms with E-state index < -0.39 is 0 Å². The summed E-state index contributed by atoms with van der Waals surface area (Å²) in [6, 6.07) is 0. The SMILES string of the molecule is C=COCCCNC(=C)CC(=C)NCCCOC=C. The molecular formula is C15H26N2O2. The molecule has 0 saturated carbocycles. The summed E-state index contributed by atoms with van der Waals surface area (Å²) in [5.74, 6) is 0. The van der Waals surface area contributed by atoms with Crippen molar-refractivity contribution in [2.45, 2.75) is 19.3 Å². The summed E-state index contributed by atoms with van der Waals surface area (Å²) in [7, 11) is 0. The maximum Gasteiger partial charge on any atom is 0.0889 e.